The van der Waals surface area contributed by atoms with Crippen LogP contribution in [0.15, 0.2) is 76.8 Å². The van der Waals surface area contributed by atoms with E-state index in [1.54, 1.807) is 36.5 Å². The molecule has 0 saturated heterocycles. The number of ether oxygens (including phenoxy) is 1. The zero-order valence-electron chi connectivity index (χ0n) is 16.4. The summed E-state index contributed by atoms with van der Waals surface area (Å²) in [6.45, 7) is 0. The third kappa shape index (κ3) is 3.64. The number of methoxy groups -OCH3 is 1. The summed E-state index contributed by atoms with van der Waals surface area (Å²) in [4.78, 5) is 21.6. The summed E-state index contributed by atoms with van der Waals surface area (Å²) in [5.74, 6) is 0.0575. The Morgan fingerprint density at radius 3 is 2.81 bits per heavy atom. The molecule has 0 bridgehead atoms. The van der Waals surface area contributed by atoms with E-state index < -0.39 is 0 Å². The van der Waals surface area contributed by atoms with Crippen LogP contribution in [0.2, 0.25) is 0 Å². The van der Waals surface area contributed by atoms with Crippen molar-refractivity contribution in [3.8, 4) is 27.8 Å². The number of pyridine rings is 1. The minimum Gasteiger partial charge on any atom is -0.480 e. The number of thiazole rings is 1. The van der Waals surface area contributed by atoms with Gasteiger partial charge in [-0.15, -0.1) is 11.3 Å². The molecule has 2 aromatic carbocycles. The molecule has 1 amide bonds. The molecule has 8 heteroatoms. The quantitative estimate of drug-likeness (QED) is 0.410. The van der Waals surface area contributed by atoms with Crippen LogP contribution in [0, 0.1) is 0 Å². The van der Waals surface area contributed by atoms with Gasteiger partial charge in [0, 0.05) is 22.7 Å². The number of hydrogen-bond acceptors (Lipinski definition) is 7. The number of nitrogens with zero attached hydrogens (tertiary/aromatic N) is 3. The predicted octanol–water partition coefficient (Wildman–Crippen LogP) is 5.27. The van der Waals surface area contributed by atoms with Gasteiger partial charge in [-0.25, -0.2) is 9.97 Å². The Bertz CT molecular complexity index is 1380. The second-order valence-electron chi connectivity index (χ2n) is 6.66. The second kappa shape index (κ2) is 8.00. The number of nitrogens with one attached hydrogen (secondary N) is 1. The number of fused-ring (bicyclic) bond motifs is 1. The lowest BCUT2D eigenvalue weighted by atomic mass is 10.1. The molecule has 3 aromatic heterocycles. The van der Waals surface area contributed by atoms with E-state index in [4.69, 9.17) is 14.2 Å². The van der Waals surface area contributed by atoms with Gasteiger partial charge in [-0.2, -0.15) is 0 Å². The lowest BCUT2D eigenvalue weighted by Crippen LogP contribution is -2.12. The van der Waals surface area contributed by atoms with Crippen molar-refractivity contribution in [1.29, 1.82) is 0 Å². The molecular weight excluding hydrogens is 412 g/mol. The van der Waals surface area contributed by atoms with Crippen LogP contribution in [0.5, 0.6) is 5.88 Å². The van der Waals surface area contributed by atoms with Crippen molar-refractivity contribution in [3.63, 3.8) is 0 Å². The number of benzene rings is 2. The normalized spacial score (nSPS) is 10.9. The van der Waals surface area contributed by atoms with Gasteiger partial charge in [0.25, 0.3) is 5.91 Å². The lowest BCUT2D eigenvalue weighted by Gasteiger charge is -2.08. The Labute approximate surface area is 181 Å². The van der Waals surface area contributed by atoms with Crippen molar-refractivity contribution < 1.29 is 14.1 Å². The molecule has 0 fully saturated rings. The fourth-order valence-corrected chi connectivity index (χ4v) is 4.01. The first-order valence-corrected chi connectivity index (χ1v) is 10.3. The fraction of sp³-hybridized carbons (Fsp3) is 0.0435. The van der Waals surface area contributed by atoms with E-state index in [1.807, 2.05) is 35.7 Å². The molecule has 3 heterocycles. The molecule has 31 heavy (non-hydrogen) atoms. The number of aromatic nitrogens is 3. The first-order valence-electron chi connectivity index (χ1n) is 9.44. The summed E-state index contributed by atoms with van der Waals surface area (Å²) in [7, 11) is 1.50. The molecule has 0 aliphatic heterocycles. The molecule has 7 nitrogen and oxygen atoms in total. The smallest absolute Gasteiger partial charge is 0.255 e. The summed E-state index contributed by atoms with van der Waals surface area (Å²) >= 11 is 1.53. The Balaban J connectivity index is 1.48. The molecule has 1 N–H and O–H groups in total. The van der Waals surface area contributed by atoms with E-state index in [9.17, 15) is 4.79 Å². The minimum atomic E-state index is -0.288. The Hall–Kier alpha value is -4.04. The van der Waals surface area contributed by atoms with Crippen molar-refractivity contribution in [2.75, 3.05) is 12.4 Å². The van der Waals surface area contributed by atoms with Crippen LogP contribution in [-0.4, -0.2) is 28.1 Å². The van der Waals surface area contributed by atoms with E-state index in [1.165, 1.54) is 18.4 Å². The second-order valence-corrected chi connectivity index (χ2v) is 7.52. The van der Waals surface area contributed by atoms with Crippen molar-refractivity contribution >= 4 is 33.9 Å². The highest BCUT2D eigenvalue weighted by Crippen LogP contribution is 2.33. The summed E-state index contributed by atoms with van der Waals surface area (Å²) in [6.07, 6.45) is 1.60. The van der Waals surface area contributed by atoms with Crippen molar-refractivity contribution in [2.45, 2.75) is 0 Å². The molecule has 0 saturated carbocycles. The zero-order chi connectivity index (χ0) is 21.2. The molecular formula is C23H16N4O3S. The van der Waals surface area contributed by atoms with Gasteiger partial charge in [0.05, 0.1) is 12.5 Å². The molecule has 152 valence electrons. The zero-order valence-corrected chi connectivity index (χ0v) is 17.2. The molecule has 0 unspecified atom stereocenters. The van der Waals surface area contributed by atoms with Gasteiger partial charge < -0.3 is 14.6 Å². The van der Waals surface area contributed by atoms with Gasteiger partial charge in [0.2, 0.25) is 5.88 Å². The largest absolute Gasteiger partial charge is 0.480 e. The molecule has 0 spiro atoms. The highest BCUT2D eigenvalue weighted by molar-refractivity contribution is 7.13. The van der Waals surface area contributed by atoms with Crippen LogP contribution >= 0.6 is 11.3 Å². The van der Waals surface area contributed by atoms with Gasteiger partial charge in [-0.3, -0.25) is 4.79 Å². The molecule has 5 rings (SSSR count). The van der Waals surface area contributed by atoms with Gasteiger partial charge >= 0.3 is 0 Å². The van der Waals surface area contributed by atoms with E-state index in [-0.39, 0.29) is 5.91 Å². The standard InChI is InChI=1S/C23H16N4O3S/c1-29-22-17(8-5-11-24-22)25-21(28)15-9-10-19-16(12-15)20(27-30-19)18-13-31-23(26-18)14-6-3-2-4-7-14/h2-13H,1H3,(H,25,28). The van der Waals surface area contributed by atoms with Crippen LogP contribution in [0.3, 0.4) is 0 Å². The molecule has 0 radical (unpaired) electrons. The van der Waals surface area contributed by atoms with Gasteiger partial charge in [0.1, 0.15) is 22.1 Å². The fourth-order valence-electron chi connectivity index (χ4n) is 3.20. The third-order valence-corrected chi connectivity index (χ3v) is 5.60. The van der Waals surface area contributed by atoms with Crippen LogP contribution in [0.1, 0.15) is 10.4 Å². The first-order chi connectivity index (χ1) is 15.2. The van der Waals surface area contributed by atoms with Gasteiger partial charge in [-0.1, -0.05) is 35.5 Å². The average molecular weight is 428 g/mol. The Morgan fingerprint density at radius 1 is 1.10 bits per heavy atom. The van der Waals surface area contributed by atoms with Gasteiger partial charge in [-0.05, 0) is 30.3 Å². The number of carbonyl (C=O) groups excluding carboxylic acids is 1. The van der Waals surface area contributed by atoms with E-state index in [0.717, 1.165) is 16.0 Å². The van der Waals surface area contributed by atoms with Crippen molar-refractivity contribution in [3.05, 3.63) is 77.8 Å². The number of carbonyl (C=O) groups is 1. The Kier molecular flexibility index (Phi) is 4.89. The van der Waals surface area contributed by atoms with Gasteiger partial charge in [0.15, 0.2) is 5.58 Å². The van der Waals surface area contributed by atoms with E-state index in [0.29, 0.717) is 34.1 Å². The van der Waals surface area contributed by atoms with E-state index in [2.05, 4.69) is 15.5 Å². The number of anilines is 1. The predicted molar refractivity (Wildman–Crippen MR) is 119 cm³/mol. The lowest BCUT2D eigenvalue weighted by molar-refractivity contribution is 0.102. The van der Waals surface area contributed by atoms with Crippen molar-refractivity contribution in [2.24, 2.45) is 0 Å². The molecule has 5 aromatic rings. The van der Waals surface area contributed by atoms with E-state index >= 15 is 0 Å². The van der Waals surface area contributed by atoms with Crippen LogP contribution in [0.4, 0.5) is 5.69 Å². The maximum absolute atomic E-state index is 12.8. The number of amides is 1. The van der Waals surface area contributed by atoms with Crippen LogP contribution < -0.4 is 10.1 Å². The maximum atomic E-state index is 12.8. The molecule has 0 atom stereocenters. The first kappa shape index (κ1) is 19.0. The van der Waals surface area contributed by atoms with Crippen LogP contribution in [-0.2, 0) is 0 Å². The SMILES string of the molecule is COc1ncccc1NC(=O)c1ccc2onc(-c3csc(-c4ccccc4)n3)c2c1. The summed E-state index contributed by atoms with van der Waals surface area (Å²) < 4.78 is 10.7. The highest BCUT2D eigenvalue weighted by Gasteiger charge is 2.17. The van der Waals surface area contributed by atoms with Crippen LogP contribution in [0.25, 0.3) is 32.9 Å². The monoisotopic (exact) mass is 428 g/mol. The minimum absolute atomic E-state index is 0.288. The summed E-state index contributed by atoms with van der Waals surface area (Å²) in [5, 5.41) is 10.6. The molecule has 0 aliphatic carbocycles. The topological polar surface area (TPSA) is 90.1 Å². The third-order valence-electron chi connectivity index (χ3n) is 4.71. The average Bonchev–Trinajstić information content (AvgIpc) is 3.46. The molecule has 0 aliphatic rings. The Morgan fingerprint density at radius 2 is 1.97 bits per heavy atom. The maximum Gasteiger partial charge on any atom is 0.255 e. The number of hydrogen-bond donors (Lipinski definition) is 1. The number of rotatable bonds is 5. The summed E-state index contributed by atoms with van der Waals surface area (Å²) in [6, 6.07) is 18.6. The highest BCUT2D eigenvalue weighted by atomic mass is 32.1. The van der Waals surface area contributed by atoms with Crippen molar-refractivity contribution in [1.82, 2.24) is 15.1 Å². The summed E-state index contributed by atoms with van der Waals surface area (Å²) in [5.41, 5.74) is 3.88.